The predicted octanol–water partition coefficient (Wildman–Crippen LogP) is 2.09. The SMILES string of the molecule is NC(=O)c1cccc(C(=O)Nc2ncccc2Cl)c1. The van der Waals surface area contributed by atoms with E-state index in [4.69, 9.17) is 17.3 Å². The number of anilines is 1. The van der Waals surface area contributed by atoms with E-state index in [2.05, 4.69) is 10.3 Å². The number of hydrogen-bond donors (Lipinski definition) is 2. The normalized spacial score (nSPS) is 9.95. The van der Waals surface area contributed by atoms with E-state index >= 15 is 0 Å². The van der Waals surface area contributed by atoms with Gasteiger partial charge in [0, 0.05) is 17.3 Å². The van der Waals surface area contributed by atoms with E-state index in [9.17, 15) is 9.59 Å². The topological polar surface area (TPSA) is 85.1 Å². The number of aromatic nitrogens is 1. The van der Waals surface area contributed by atoms with E-state index in [1.165, 1.54) is 18.3 Å². The second kappa shape index (κ2) is 5.49. The van der Waals surface area contributed by atoms with Crippen molar-refractivity contribution in [1.29, 1.82) is 0 Å². The van der Waals surface area contributed by atoms with Gasteiger partial charge in [0.1, 0.15) is 0 Å². The Morgan fingerprint density at radius 3 is 2.58 bits per heavy atom. The van der Waals surface area contributed by atoms with Gasteiger partial charge in [0.15, 0.2) is 5.82 Å². The molecule has 0 saturated carbocycles. The van der Waals surface area contributed by atoms with Crippen LogP contribution in [0.15, 0.2) is 42.6 Å². The van der Waals surface area contributed by atoms with E-state index in [-0.39, 0.29) is 11.4 Å². The summed E-state index contributed by atoms with van der Waals surface area (Å²) in [4.78, 5) is 27.0. The fraction of sp³-hybridized carbons (Fsp3) is 0. The lowest BCUT2D eigenvalue weighted by Crippen LogP contribution is -2.16. The van der Waals surface area contributed by atoms with Crippen LogP contribution >= 0.6 is 11.6 Å². The summed E-state index contributed by atoms with van der Waals surface area (Å²) in [5.74, 6) is -0.743. The molecule has 1 heterocycles. The van der Waals surface area contributed by atoms with Crippen molar-refractivity contribution in [2.75, 3.05) is 5.32 Å². The number of primary amides is 1. The first-order valence-corrected chi connectivity index (χ1v) is 5.77. The van der Waals surface area contributed by atoms with Crippen LogP contribution in [0.4, 0.5) is 5.82 Å². The minimum Gasteiger partial charge on any atom is -0.366 e. The van der Waals surface area contributed by atoms with Gasteiger partial charge in [-0.3, -0.25) is 9.59 Å². The summed E-state index contributed by atoms with van der Waals surface area (Å²) < 4.78 is 0. The van der Waals surface area contributed by atoms with Gasteiger partial charge in [-0.05, 0) is 30.3 Å². The van der Waals surface area contributed by atoms with Crippen LogP contribution in [0.3, 0.4) is 0 Å². The summed E-state index contributed by atoms with van der Waals surface area (Å²) >= 11 is 5.89. The Morgan fingerprint density at radius 2 is 1.89 bits per heavy atom. The highest BCUT2D eigenvalue weighted by Gasteiger charge is 2.10. The van der Waals surface area contributed by atoms with Crippen molar-refractivity contribution in [3.63, 3.8) is 0 Å². The third kappa shape index (κ3) is 3.08. The number of pyridine rings is 1. The Bertz CT molecular complexity index is 643. The molecule has 0 fully saturated rings. The highest BCUT2D eigenvalue weighted by Crippen LogP contribution is 2.18. The molecule has 6 heteroatoms. The first-order chi connectivity index (χ1) is 9.08. The third-order valence-corrected chi connectivity index (χ3v) is 2.70. The lowest BCUT2D eigenvalue weighted by atomic mass is 10.1. The van der Waals surface area contributed by atoms with E-state index in [1.807, 2.05) is 0 Å². The molecule has 3 N–H and O–H groups in total. The van der Waals surface area contributed by atoms with Gasteiger partial charge in [-0.2, -0.15) is 0 Å². The number of carbonyl (C=O) groups excluding carboxylic acids is 2. The summed E-state index contributed by atoms with van der Waals surface area (Å²) in [5, 5.41) is 2.89. The number of nitrogens with one attached hydrogen (secondary N) is 1. The van der Waals surface area contributed by atoms with Crippen LogP contribution in [0, 0.1) is 0 Å². The van der Waals surface area contributed by atoms with E-state index < -0.39 is 11.8 Å². The molecule has 0 aliphatic rings. The molecule has 1 aromatic heterocycles. The largest absolute Gasteiger partial charge is 0.366 e. The van der Waals surface area contributed by atoms with Crippen molar-refractivity contribution < 1.29 is 9.59 Å². The molecular formula is C13H10ClN3O2. The Morgan fingerprint density at radius 1 is 1.16 bits per heavy atom. The maximum Gasteiger partial charge on any atom is 0.256 e. The summed E-state index contributed by atoms with van der Waals surface area (Å²) in [6, 6.07) is 9.37. The zero-order valence-electron chi connectivity index (χ0n) is 9.76. The lowest BCUT2D eigenvalue weighted by molar-refractivity contribution is 0.1000. The maximum atomic E-state index is 12.0. The standard InChI is InChI=1S/C13H10ClN3O2/c14-10-5-2-6-16-12(10)17-13(19)9-4-1-3-8(7-9)11(15)18/h1-7H,(H2,15,18)(H,16,17,19). The maximum absolute atomic E-state index is 12.0. The molecule has 2 amide bonds. The summed E-state index contributed by atoms with van der Waals surface area (Å²) in [7, 11) is 0. The number of amides is 2. The average Bonchev–Trinajstić information content (AvgIpc) is 2.41. The van der Waals surface area contributed by atoms with Crippen LogP contribution in [0.5, 0.6) is 0 Å². The molecule has 5 nitrogen and oxygen atoms in total. The summed E-state index contributed by atoms with van der Waals surface area (Å²) in [6.07, 6.45) is 1.52. The molecule has 96 valence electrons. The van der Waals surface area contributed by atoms with Gasteiger partial charge in [-0.15, -0.1) is 0 Å². The van der Waals surface area contributed by atoms with Crippen LogP contribution in [-0.2, 0) is 0 Å². The molecule has 0 aliphatic heterocycles. The number of nitrogens with zero attached hydrogens (tertiary/aromatic N) is 1. The van der Waals surface area contributed by atoms with Gasteiger partial charge in [-0.1, -0.05) is 17.7 Å². The molecule has 2 rings (SSSR count). The molecule has 19 heavy (non-hydrogen) atoms. The Balaban J connectivity index is 2.23. The van der Waals surface area contributed by atoms with Crippen molar-refractivity contribution >= 4 is 29.2 Å². The van der Waals surface area contributed by atoms with Crippen LogP contribution < -0.4 is 11.1 Å². The zero-order valence-corrected chi connectivity index (χ0v) is 10.5. The molecule has 2 aromatic rings. The number of nitrogens with two attached hydrogens (primary N) is 1. The second-order valence-electron chi connectivity index (χ2n) is 3.73. The molecule has 0 radical (unpaired) electrons. The fourth-order valence-corrected chi connectivity index (χ4v) is 1.64. The quantitative estimate of drug-likeness (QED) is 0.899. The smallest absolute Gasteiger partial charge is 0.256 e. The number of hydrogen-bond acceptors (Lipinski definition) is 3. The van der Waals surface area contributed by atoms with Gasteiger partial charge in [0.2, 0.25) is 5.91 Å². The number of benzene rings is 1. The molecule has 0 bridgehead atoms. The van der Waals surface area contributed by atoms with Crippen molar-refractivity contribution in [3.8, 4) is 0 Å². The van der Waals surface area contributed by atoms with Crippen molar-refractivity contribution in [2.24, 2.45) is 5.73 Å². The lowest BCUT2D eigenvalue weighted by Gasteiger charge is -2.06. The molecule has 0 aliphatic carbocycles. The number of carbonyl (C=O) groups is 2. The second-order valence-corrected chi connectivity index (χ2v) is 4.14. The Labute approximate surface area is 114 Å². The zero-order chi connectivity index (χ0) is 13.8. The van der Waals surface area contributed by atoms with Crippen molar-refractivity contribution in [1.82, 2.24) is 4.98 Å². The highest BCUT2D eigenvalue weighted by atomic mass is 35.5. The minimum absolute atomic E-state index is 0.263. The number of rotatable bonds is 3. The van der Waals surface area contributed by atoms with Crippen LogP contribution in [0.1, 0.15) is 20.7 Å². The third-order valence-electron chi connectivity index (χ3n) is 2.40. The predicted molar refractivity (Wildman–Crippen MR) is 72.2 cm³/mol. The highest BCUT2D eigenvalue weighted by molar-refractivity contribution is 6.33. The average molecular weight is 276 g/mol. The van der Waals surface area contributed by atoms with Crippen molar-refractivity contribution in [2.45, 2.75) is 0 Å². The van der Waals surface area contributed by atoms with Crippen LogP contribution in [0.25, 0.3) is 0 Å². The fourth-order valence-electron chi connectivity index (χ4n) is 1.47. The van der Waals surface area contributed by atoms with Gasteiger partial charge in [-0.25, -0.2) is 4.98 Å². The molecule has 1 aromatic carbocycles. The van der Waals surface area contributed by atoms with Crippen LogP contribution in [0.2, 0.25) is 5.02 Å². The summed E-state index contributed by atoms with van der Waals surface area (Å²) in [6.45, 7) is 0. The monoisotopic (exact) mass is 275 g/mol. The van der Waals surface area contributed by atoms with E-state index in [0.717, 1.165) is 0 Å². The van der Waals surface area contributed by atoms with Crippen molar-refractivity contribution in [3.05, 3.63) is 58.7 Å². The molecule has 0 saturated heterocycles. The van der Waals surface area contributed by atoms with Gasteiger partial charge in [0.25, 0.3) is 5.91 Å². The number of halogens is 1. The van der Waals surface area contributed by atoms with Gasteiger partial charge >= 0.3 is 0 Å². The van der Waals surface area contributed by atoms with Gasteiger partial charge < -0.3 is 11.1 Å². The van der Waals surface area contributed by atoms with Crippen LogP contribution in [-0.4, -0.2) is 16.8 Å². The Kier molecular flexibility index (Phi) is 3.77. The first-order valence-electron chi connectivity index (χ1n) is 5.39. The molecule has 0 unspecified atom stereocenters. The minimum atomic E-state index is -0.592. The Hall–Kier alpha value is -2.40. The molecule has 0 spiro atoms. The summed E-state index contributed by atoms with van der Waals surface area (Å²) in [5.41, 5.74) is 5.72. The first kappa shape index (κ1) is 13.0. The van der Waals surface area contributed by atoms with E-state index in [0.29, 0.717) is 10.6 Å². The van der Waals surface area contributed by atoms with Gasteiger partial charge in [0.05, 0.1) is 5.02 Å². The van der Waals surface area contributed by atoms with E-state index in [1.54, 1.807) is 24.3 Å². The molecule has 0 atom stereocenters. The molecular weight excluding hydrogens is 266 g/mol.